The van der Waals surface area contributed by atoms with Crippen LogP contribution in [-0.2, 0) is 0 Å². The third-order valence-corrected chi connectivity index (χ3v) is 2.19. The SMILES string of the molecule is [Br-].[PH3+]CCCCCCBr. The number of halogens is 2. The van der Waals surface area contributed by atoms with E-state index in [1.807, 2.05) is 0 Å². The van der Waals surface area contributed by atoms with Crippen molar-refractivity contribution in [2.45, 2.75) is 25.7 Å². The van der Waals surface area contributed by atoms with Gasteiger partial charge in [0.25, 0.3) is 0 Å². The lowest BCUT2D eigenvalue weighted by atomic mass is 10.2. The molecular formula is C6H15Br2P. The number of unbranched alkanes of at least 4 members (excludes halogenated alkanes) is 3. The molecule has 0 saturated carbocycles. The summed E-state index contributed by atoms with van der Waals surface area (Å²) < 4.78 is 0. The van der Waals surface area contributed by atoms with E-state index in [4.69, 9.17) is 0 Å². The molecule has 0 amide bonds. The third-order valence-electron chi connectivity index (χ3n) is 1.13. The van der Waals surface area contributed by atoms with Gasteiger partial charge in [0.2, 0.25) is 0 Å². The van der Waals surface area contributed by atoms with Crippen LogP contribution < -0.4 is 17.0 Å². The molecular weight excluding hydrogens is 263 g/mol. The lowest BCUT2D eigenvalue weighted by Gasteiger charge is -1.91. The van der Waals surface area contributed by atoms with Crippen molar-refractivity contribution >= 4 is 25.2 Å². The minimum absolute atomic E-state index is 0. The Kier molecular flexibility index (Phi) is 17.5. The van der Waals surface area contributed by atoms with Crippen LogP contribution in [0.2, 0.25) is 0 Å². The molecule has 0 fully saturated rings. The molecule has 0 heterocycles. The maximum Gasteiger partial charge on any atom is 0.0526 e. The first-order valence-corrected chi connectivity index (χ1v) is 5.39. The summed E-state index contributed by atoms with van der Waals surface area (Å²) in [5.41, 5.74) is 0. The quantitative estimate of drug-likeness (QED) is 0.363. The van der Waals surface area contributed by atoms with Crippen molar-refractivity contribution in [2.75, 3.05) is 11.5 Å². The van der Waals surface area contributed by atoms with E-state index in [1.165, 1.54) is 37.2 Å². The number of rotatable bonds is 5. The molecule has 0 aromatic rings. The second kappa shape index (κ2) is 12.1. The first-order chi connectivity index (χ1) is 3.91. The van der Waals surface area contributed by atoms with Crippen LogP contribution in [0.25, 0.3) is 0 Å². The van der Waals surface area contributed by atoms with Gasteiger partial charge in [-0.05, 0) is 28.5 Å². The van der Waals surface area contributed by atoms with Gasteiger partial charge in [0.1, 0.15) is 0 Å². The molecule has 0 saturated heterocycles. The summed E-state index contributed by atoms with van der Waals surface area (Å²) in [6.45, 7) is 0. The average Bonchev–Trinajstić information content (AvgIpc) is 1.81. The lowest BCUT2D eigenvalue weighted by molar-refractivity contribution is -0.00000156. The molecule has 0 aromatic heterocycles. The van der Waals surface area contributed by atoms with Crippen molar-refractivity contribution < 1.29 is 17.0 Å². The Hall–Kier alpha value is 1.39. The first-order valence-electron chi connectivity index (χ1n) is 3.27. The normalized spacial score (nSPS) is 9.00. The van der Waals surface area contributed by atoms with Gasteiger partial charge in [0.05, 0.1) is 6.16 Å². The van der Waals surface area contributed by atoms with Crippen LogP contribution in [0.15, 0.2) is 0 Å². The lowest BCUT2D eigenvalue weighted by Crippen LogP contribution is -3.00. The molecule has 0 radical (unpaired) electrons. The van der Waals surface area contributed by atoms with Crippen LogP contribution in [0.1, 0.15) is 25.7 Å². The Balaban J connectivity index is 0. The predicted molar refractivity (Wildman–Crippen MR) is 48.2 cm³/mol. The summed E-state index contributed by atoms with van der Waals surface area (Å²) in [5.74, 6) is 0. The van der Waals surface area contributed by atoms with Crippen LogP contribution in [0, 0.1) is 0 Å². The maximum atomic E-state index is 3.40. The molecule has 0 rings (SSSR count). The van der Waals surface area contributed by atoms with Crippen LogP contribution >= 0.6 is 25.2 Å². The van der Waals surface area contributed by atoms with Gasteiger partial charge >= 0.3 is 0 Å². The molecule has 0 nitrogen and oxygen atoms in total. The van der Waals surface area contributed by atoms with Crippen LogP contribution in [0.4, 0.5) is 0 Å². The van der Waals surface area contributed by atoms with Crippen molar-refractivity contribution in [1.82, 2.24) is 0 Å². The molecule has 0 bridgehead atoms. The van der Waals surface area contributed by atoms with E-state index in [0.717, 1.165) is 0 Å². The van der Waals surface area contributed by atoms with Gasteiger partial charge in [0, 0.05) is 5.33 Å². The van der Waals surface area contributed by atoms with Gasteiger partial charge in [-0.1, -0.05) is 22.4 Å². The Morgan fingerprint density at radius 2 is 1.56 bits per heavy atom. The van der Waals surface area contributed by atoms with E-state index in [1.54, 1.807) is 0 Å². The molecule has 58 valence electrons. The summed E-state index contributed by atoms with van der Waals surface area (Å²) >= 11 is 3.40. The summed E-state index contributed by atoms with van der Waals surface area (Å²) in [6, 6.07) is 0. The molecule has 3 heteroatoms. The average molecular weight is 278 g/mol. The summed E-state index contributed by atoms with van der Waals surface area (Å²) in [6.07, 6.45) is 6.98. The molecule has 0 aliphatic heterocycles. The monoisotopic (exact) mass is 276 g/mol. The zero-order chi connectivity index (χ0) is 6.24. The van der Waals surface area contributed by atoms with E-state index in [0.29, 0.717) is 0 Å². The number of hydrogen-bond donors (Lipinski definition) is 0. The molecule has 0 spiro atoms. The molecule has 0 N–H and O–H groups in total. The fraction of sp³-hybridized carbons (Fsp3) is 1.00. The molecule has 0 aliphatic carbocycles. The molecule has 9 heavy (non-hydrogen) atoms. The van der Waals surface area contributed by atoms with Gasteiger partial charge in [-0.15, -0.1) is 0 Å². The zero-order valence-electron chi connectivity index (χ0n) is 5.71. The highest BCUT2D eigenvalue weighted by atomic mass is 79.9. The maximum absolute atomic E-state index is 3.40. The Labute approximate surface area is 79.3 Å². The fourth-order valence-corrected chi connectivity index (χ4v) is 1.37. The van der Waals surface area contributed by atoms with Crippen molar-refractivity contribution in [3.05, 3.63) is 0 Å². The van der Waals surface area contributed by atoms with Gasteiger partial charge in [-0.25, -0.2) is 0 Å². The van der Waals surface area contributed by atoms with Crippen molar-refractivity contribution in [1.29, 1.82) is 0 Å². The third kappa shape index (κ3) is 12.6. The van der Waals surface area contributed by atoms with E-state index in [9.17, 15) is 0 Å². The van der Waals surface area contributed by atoms with Crippen LogP contribution in [0.3, 0.4) is 0 Å². The summed E-state index contributed by atoms with van der Waals surface area (Å²) in [7, 11) is 2.07. The highest BCUT2D eigenvalue weighted by Gasteiger charge is 1.85. The van der Waals surface area contributed by atoms with Crippen molar-refractivity contribution in [2.24, 2.45) is 0 Å². The second-order valence-electron chi connectivity index (χ2n) is 1.96. The van der Waals surface area contributed by atoms with Gasteiger partial charge in [-0.2, -0.15) is 0 Å². The Morgan fingerprint density at radius 3 is 2.00 bits per heavy atom. The topological polar surface area (TPSA) is 0 Å². The molecule has 0 aromatic carbocycles. The van der Waals surface area contributed by atoms with E-state index in [-0.39, 0.29) is 17.0 Å². The number of hydrogen-bond acceptors (Lipinski definition) is 0. The smallest absolute Gasteiger partial charge is 0.0526 e. The van der Waals surface area contributed by atoms with Gasteiger partial charge in [-0.3, -0.25) is 0 Å². The van der Waals surface area contributed by atoms with Crippen molar-refractivity contribution in [3.8, 4) is 0 Å². The predicted octanol–water partition coefficient (Wildman–Crippen LogP) is -0.447. The standard InChI is InChI=1S/C6H14BrP.BrH/c7-5-3-1-2-4-6-8;/h1-6,8H2;1H. The zero-order valence-corrected chi connectivity index (χ0v) is 10.3. The van der Waals surface area contributed by atoms with E-state index < -0.39 is 0 Å². The fourth-order valence-electron chi connectivity index (χ4n) is 0.625. The molecule has 1 atom stereocenters. The van der Waals surface area contributed by atoms with Gasteiger partial charge in [0.15, 0.2) is 0 Å². The first kappa shape index (κ1) is 13.0. The molecule has 0 aliphatic rings. The Morgan fingerprint density at radius 1 is 1.00 bits per heavy atom. The Bertz CT molecular complexity index is 36.0. The van der Waals surface area contributed by atoms with Crippen molar-refractivity contribution in [3.63, 3.8) is 0 Å². The largest absolute Gasteiger partial charge is 1.00 e. The molecule has 1 unspecified atom stereocenters. The second-order valence-corrected chi connectivity index (χ2v) is 3.46. The van der Waals surface area contributed by atoms with Gasteiger partial charge < -0.3 is 17.0 Å². The van der Waals surface area contributed by atoms with E-state index in [2.05, 4.69) is 25.2 Å². The minimum atomic E-state index is 0. The summed E-state index contributed by atoms with van der Waals surface area (Å²) in [4.78, 5) is 0. The van der Waals surface area contributed by atoms with Crippen LogP contribution in [0.5, 0.6) is 0 Å². The van der Waals surface area contributed by atoms with Crippen LogP contribution in [-0.4, -0.2) is 11.5 Å². The van der Waals surface area contributed by atoms with E-state index >= 15 is 0 Å². The highest BCUT2D eigenvalue weighted by Crippen LogP contribution is 2.02. The highest BCUT2D eigenvalue weighted by molar-refractivity contribution is 9.09. The number of alkyl halides is 1. The summed E-state index contributed by atoms with van der Waals surface area (Å²) in [5, 5.41) is 1.18. The minimum Gasteiger partial charge on any atom is -1.00 e.